The van der Waals surface area contributed by atoms with E-state index in [-0.39, 0.29) is 0 Å². The van der Waals surface area contributed by atoms with Crippen LogP contribution in [0.4, 0.5) is 0 Å². The molecule has 0 radical (unpaired) electrons. The van der Waals surface area contributed by atoms with E-state index in [0.717, 1.165) is 28.6 Å². The Morgan fingerprint density at radius 2 is 2.00 bits per heavy atom. The smallest absolute Gasteiger partial charge is 0.120 e. The van der Waals surface area contributed by atoms with E-state index in [4.69, 9.17) is 16.3 Å². The van der Waals surface area contributed by atoms with Crippen LogP contribution in [-0.4, -0.2) is 6.10 Å². The van der Waals surface area contributed by atoms with Crippen LogP contribution in [0.25, 0.3) is 0 Å². The molecule has 15 heavy (non-hydrogen) atoms. The number of alkyl halides is 1. The summed E-state index contributed by atoms with van der Waals surface area (Å²) in [6, 6.07) is 5.95. The highest BCUT2D eigenvalue weighted by Gasteiger charge is 2.06. The van der Waals surface area contributed by atoms with Crippen LogP contribution in [0.1, 0.15) is 32.3 Å². The van der Waals surface area contributed by atoms with Crippen molar-refractivity contribution in [3.8, 4) is 5.75 Å². The molecule has 0 saturated heterocycles. The highest BCUT2D eigenvalue weighted by Crippen LogP contribution is 2.25. The Hall–Kier alpha value is -0.210. The van der Waals surface area contributed by atoms with E-state index in [1.807, 2.05) is 18.2 Å². The second-order valence-corrected chi connectivity index (χ2v) is 4.56. The Kier molecular flexibility index (Phi) is 5.48. The minimum Gasteiger partial charge on any atom is -0.490 e. The predicted molar refractivity (Wildman–Crippen MR) is 68.7 cm³/mol. The van der Waals surface area contributed by atoms with E-state index in [1.165, 1.54) is 0 Å². The van der Waals surface area contributed by atoms with Crippen molar-refractivity contribution in [2.45, 2.75) is 38.7 Å². The van der Waals surface area contributed by atoms with E-state index in [0.29, 0.717) is 12.0 Å². The lowest BCUT2D eigenvalue weighted by atomic mass is 10.2. The van der Waals surface area contributed by atoms with E-state index >= 15 is 0 Å². The van der Waals surface area contributed by atoms with Crippen LogP contribution >= 0.6 is 27.5 Å². The van der Waals surface area contributed by atoms with Crippen LogP contribution in [-0.2, 0) is 5.88 Å². The number of rotatable bonds is 5. The molecular formula is C12H16BrClO. The van der Waals surface area contributed by atoms with Gasteiger partial charge in [0.25, 0.3) is 0 Å². The van der Waals surface area contributed by atoms with Gasteiger partial charge in [-0.25, -0.2) is 0 Å². The zero-order chi connectivity index (χ0) is 11.3. The molecule has 0 bridgehead atoms. The fourth-order valence-corrected chi connectivity index (χ4v) is 2.14. The summed E-state index contributed by atoms with van der Waals surface area (Å²) in [7, 11) is 0. The van der Waals surface area contributed by atoms with Crippen molar-refractivity contribution < 1.29 is 4.74 Å². The summed E-state index contributed by atoms with van der Waals surface area (Å²) in [4.78, 5) is 0. The molecule has 0 N–H and O–H groups in total. The molecule has 0 heterocycles. The van der Waals surface area contributed by atoms with Gasteiger partial charge >= 0.3 is 0 Å². The minimum absolute atomic E-state index is 0.300. The van der Waals surface area contributed by atoms with Crippen LogP contribution in [0.2, 0.25) is 0 Å². The van der Waals surface area contributed by atoms with E-state index in [2.05, 4.69) is 29.8 Å². The van der Waals surface area contributed by atoms with Gasteiger partial charge < -0.3 is 4.74 Å². The molecule has 0 atom stereocenters. The second-order valence-electron chi connectivity index (χ2n) is 3.44. The van der Waals surface area contributed by atoms with Crippen molar-refractivity contribution in [1.82, 2.24) is 0 Å². The fraction of sp³-hybridized carbons (Fsp3) is 0.500. The van der Waals surface area contributed by atoms with Crippen molar-refractivity contribution in [1.29, 1.82) is 0 Å². The molecular weight excluding hydrogens is 275 g/mol. The molecule has 0 aliphatic heterocycles. The van der Waals surface area contributed by atoms with Crippen molar-refractivity contribution in [3.05, 3.63) is 28.2 Å². The zero-order valence-corrected chi connectivity index (χ0v) is 11.4. The fourth-order valence-electron chi connectivity index (χ4n) is 1.37. The SMILES string of the molecule is CCC(CC)Oc1ccc(Br)c(CCl)c1. The Balaban J connectivity index is 2.77. The van der Waals surface area contributed by atoms with Gasteiger partial charge in [-0.1, -0.05) is 29.8 Å². The third-order valence-corrected chi connectivity index (χ3v) is 3.44. The van der Waals surface area contributed by atoms with Crippen molar-refractivity contribution >= 4 is 27.5 Å². The molecule has 1 nitrogen and oxygen atoms in total. The van der Waals surface area contributed by atoms with Crippen molar-refractivity contribution in [2.75, 3.05) is 0 Å². The highest BCUT2D eigenvalue weighted by molar-refractivity contribution is 9.10. The van der Waals surface area contributed by atoms with Crippen LogP contribution in [0.3, 0.4) is 0 Å². The maximum Gasteiger partial charge on any atom is 0.120 e. The largest absolute Gasteiger partial charge is 0.490 e. The lowest BCUT2D eigenvalue weighted by molar-refractivity contribution is 0.192. The molecule has 0 aliphatic carbocycles. The van der Waals surface area contributed by atoms with E-state index in [9.17, 15) is 0 Å². The van der Waals surface area contributed by atoms with Crippen LogP contribution in [0.15, 0.2) is 22.7 Å². The lowest BCUT2D eigenvalue weighted by Crippen LogP contribution is -2.13. The molecule has 0 aliphatic rings. The average molecular weight is 292 g/mol. The number of hydrogen-bond donors (Lipinski definition) is 0. The Bertz CT molecular complexity index is 310. The third kappa shape index (κ3) is 3.69. The van der Waals surface area contributed by atoms with Crippen molar-refractivity contribution in [2.24, 2.45) is 0 Å². The molecule has 0 unspecified atom stereocenters. The summed E-state index contributed by atoms with van der Waals surface area (Å²) in [5.41, 5.74) is 1.07. The van der Waals surface area contributed by atoms with E-state index < -0.39 is 0 Å². The number of halogens is 2. The normalized spacial score (nSPS) is 10.7. The first-order valence-electron chi connectivity index (χ1n) is 5.22. The number of ether oxygens (including phenoxy) is 1. The van der Waals surface area contributed by atoms with Gasteiger partial charge in [0.1, 0.15) is 5.75 Å². The minimum atomic E-state index is 0.300. The summed E-state index contributed by atoms with van der Waals surface area (Å²) in [6.07, 6.45) is 2.36. The van der Waals surface area contributed by atoms with E-state index in [1.54, 1.807) is 0 Å². The van der Waals surface area contributed by atoms with Crippen LogP contribution < -0.4 is 4.74 Å². The number of hydrogen-bond acceptors (Lipinski definition) is 1. The summed E-state index contributed by atoms with van der Waals surface area (Å²) < 4.78 is 6.87. The lowest BCUT2D eigenvalue weighted by Gasteiger charge is -2.16. The first kappa shape index (κ1) is 12.9. The molecule has 0 saturated carbocycles. The first-order valence-corrected chi connectivity index (χ1v) is 6.55. The molecule has 1 aromatic rings. The molecule has 3 heteroatoms. The van der Waals surface area contributed by atoms with Gasteiger partial charge in [-0.2, -0.15) is 0 Å². The topological polar surface area (TPSA) is 9.23 Å². The standard InChI is InChI=1S/C12H16BrClO/c1-3-10(4-2)15-11-5-6-12(13)9(7-11)8-14/h5-7,10H,3-4,8H2,1-2H3. The quantitative estimate of drug-likeness (QED) is 0.711. The second kappa shape index (κ2) is 6.39. The Morgan fingerprint density at radius 3 is 2.53 bits per heavy atom. The molecule has 1 rings (SSSR count). The predicted octanol–water partition coefficient (Wildman–Crippen LogP) is 4.76. The maximum absolute atomic E-state index is 5.83. The molecule has 0 fully saturated rings. The molecule has 84 valence electrons. The molecule has 1 aromatic carbocycles. The molecule has 0 amide bonds. The Morgan fingerprint density at radius 1 is 1.33 bits per heavy atom. The van der Waals surface area contributed by atoms with Gasteiger partial charge in [0.15, 0.2) is 0 Å². The van der Waals surface area contributed by atoms with Gasteiger partial charge in [-0.15, -0.1) is 11.6 Å². The van der Waals surface area contributed by atoms with Gasteiger partial charge in [0.05, 0.1) is 6.10 Å². The summed E-state index contributed by atoms with van der Waals surface area (Å²) in [6.45, 7) is 4.27. The third-order valence-electron chi connectivity index (χ3n) is 2.37. The van der Waals surface area contributed by atoms with Gasteiger partial charge in [0, 0.05) is 10.4 Å². The van der Waals surface area contributed by atoms with Gasteiger partial charge in [-0.3, -0.25) is 0 Å². The summed E-state index contributed by atoms with van der Waals surface area (Å²) >= 11 is 9.27. The van der Waals surface area contributed by atoms with Crippen molar-refractivity contribution in [3.63, 3.8) is 0 Å². The summed E-state index contributed by atoms with van der Waals surface area (Å²) in [5.74, 6) is 1.41. The monoisotopic (exact) mass is 290 g/mol. The van der Waals surface area contributed by atoms with Gasteiger partial charge in [-0.05, 0) is 36.6 Å². The van der Waals surface area contributed by atoms with Gasteiger partial charge in [0.2, 0.25) is 0 Å². The summed E-state index contributed by atoms with van der Waals surface area (Å²) in [5, 5.41) is 0. The number of benzene rings is 1. The maximum atomic E-state index is 5.83. The zero-order valence-electron chi connectivity index (χ0n) is 9.09. The first-order chi connectivity index (χ1) is 7.21. The molecule has 0 spiro atoms. The van der Waals surface area contributed by atoms with Crippen LogP contribution in [0.5, 0.6) is 5.75 Å². The highest BCUT2D eigenvalue weighted by atomic mass is 79.9. The Labute approximate surface area is 105 Å². The molecule has 0 aromatic heterocycles. The van der Waals surface area contributed by atoms with Crippen LogP contribution in [0, 0.1) is 0 Å². The average Bonchev–Trinajstić information content (AvgIpc) is 2.28.